The number of hydrogen-bond donors (Lipinski definition) is 0. The highest BCUT2D eigenvalue weighted by Crippen LogP contribution is 2.25. The highest BCUT2D eigenvalue weighted by atomic mass is 79.9. The maximum absolute atomic E-state index is 10.8. The normalized spacial score (nSPS) is 11.6. The Hall–Kier alpha value is 0.160. The van der Waals surface area contributed by atoms with Gasteiger partial charge in [-0.25, -0.2) is 13.4 Å². The van der Waals surface area contributed by atoms with Crippen LogP contribution in [0.25, 0.3) is 0 Å². The zero-order valence-corrected chi connectivity index (χ0v) is 9.37. The van der Waals surface area contributed by atoms with Crippen molar-refractivity contribution in [3.05, 3.63) is 21.9 Å². The number of pyridine rings is 1. The molecule has 7 heteroatoms. The lowest BCUT2D eigenvalue weighted by Gasteiger charge is -1.98. The standard InChI is InChI=1S/C5H2BrCl2NO2S/c6-5-4(12(8,10)11)1-3(7)2-9-5/h1-2H. The summed E-state index contributed by atoms with van der Waals surface area (Å²) in [5.74, 6) is 0. The summed E-state index contributed by atoms with van der Waals surface area (Å²) in [5, 5.41) is 0.220. The van der Waals surface area contributed by atoms with Crippen molar-refractivity contribution >= 4 is 47.3 Å². The van der Waals surface area contributed by atoms with Crippen LogP contribution in [-0.4, -0.2) is 13.4 Å². The number of halogens is 3. The molecule has 3 nitrogen and oxygen atoms in total. The van der Waals surface area contributed by atoms with Crippen molar-refractivity contribution in [3.63, 3.8) is 0 Å². The van der Waals surface area contributed by atoms with Crippen molar-refractivity contribution in [2.24, 2.45) is 0 Å². The van der Waals surface area contributed by atoms with Crippen molar-refractivity contribution in [2.45, 2.75) is 4.90 Å². The van der Waals surface area contributed by atoms with Gasteiger partial charge >= 0.3 is 0 Å². The fourth-order valence-electron chi connectivity index (χ4n) is 0.575. The molecule has 0 aliphatic carbocycles. The maximum Gasteiger partial charge on any atom is 0.264 e. The van der Waals surface area contributed by atoms with E-state index in [1.165, 1.54) is 12.3 Å². The van der Waals surface area contributed by atoms with Gasteiger partial charge in [-0.15, -0.1) is 0 Å². The van der Waals surface area contributed by atoms with E-state index in [2.05, 4.69) is 20.9 Å². The Labute approximate surface area is 87.3 Å². The summed E-state index contributed by atoms with van der Waals surface area (Å²) >= 11 is 8.45. The van der Waals surface area contributed by atoms with Crippen molar-refractivity contribution < 1.29 is 8.42 Å². The predicted molar refractivity (Wildman–Crippen MR) is 50.0 cm³/mol. The van der Waals surface area contributed by atoms with E-state index in [0.717, 1.165) is 0 Å². The Bertz CT molecular complexity index is 406. The molecular formula is C5H2BrCl2NO2S. The first-order valence-electron chi connectivity index (χ1n) is 2.67. The quantitative estimate of drug-likeness (QED) is 0.589. The minimum atomic E-state index is -3.78. The van der Waals surface area contributed by atoms with E-state index < -0.39 is 9.05 Å². The molecule has 0 N–H and O–H groups in total. The van der Waals surface area contributed by atoms with Crippen molar-refractivity contribution in [3.8, 4) is 0 Å². The van der Waals surface area contributed by atoms with E-state index in [1.54, 1.807) is 0 Å². The average Bonchev–Trinajstić information content (AvgIpc) is 1.92. The molecule has 1 aromatic rings. The van der Waals surface area contributed by atoms with Crippen LogP contribution in [0, 0.1) is 0 Å². The topological polar surface area (TPSA) is 47.0 Å². The summed E-state index contributed by atoms with van der Waals surface area (Å²) in [5.41, 5.74) is 0. The Morgan fingerprint density at radius 1 is 1.50 bits per heavy atom. The molecule has 0 amide bonds. The molecule has 0 spiro atoms. The molecule has 1 rings (SSSR count). The minimum absolute atomic E-state index is 0.128. The summed E-state index contributed by atoms with van der Waals surface area (Å²) in [6.07, 6.45) is 1.32. The Kier molecular flexibility index (Phi) is 2.98. The van der Waals surface area contributed by atoms with Gasteiger partial charge in [0.25, 0.3) is 9.05 Å². The molecule has 1 aromatic heterocycles. The maximum atomic E-state index is 10.8. The van der Waals surface area contributed by atoms with Crippen LogP contribution in [0.15, 0.2) is 21.8 Å². The summed E-state index contributed by atoms with van der Waals surface area (Å²) in [7, 11) is 1.30. The zero-order valence-electron chi connectivity index (χ0n) is 5.46. The third-order valence-electron chi connectivity index (χ3n) is 1.04. The van der Waals surface area contributed by atoms with E-state index in [-0.39, 0.29) is 14.5 Å². The molecule has 0 saturated carbocycles. The van der Waals surface area contributed by atoms with E-state index in [0.29, 0.717) is 0 Å². The first kappa shape index (κ1) is 10.2. The van der Waals surface area contributed by atoms with E-state index in [9.17, 15) is 8.42 Å². The summed E-state index contributed by atoms with van der Waals surface area (Å²) in [4.78, 5) is 3.54. The molecule has 0 aliphatic rings. The molecule has 0 fully saturated rings. The largest absolute Gasteiger partial charge is 0.264 e. The lowest BCUT2D eigenvalue weighted by atomic mass is 10.5. The SMILES string of the molecule is O=S(=O)(Cl)c1cc(Cl)cnc1Br. The van der Waals surface area contributed by atoms with Gasteiger partial charge in [0.15, 0.2) is 0 Å². The van der Waals surface area contributed by atoms with Gasteiger partial charge in [-0.2, -0.15) is 0 Å². The van der Waals surface area contributed by atoms with Gasteiger partial charge in [0.1, 0.15) is 9.50 Å². The molecular weight excluding hydrogens is 289 g/mol. The number of aromatic nitrogens is 1. The van der Waals surface area contributed by atoms with E-state index in [1.807, 2.05) is 0 Å². The van der Waals surface area contributed by atoms with Gasteiger partial charge in [0.05, 0.1) is 5.02 Å². The lowest BCUT2D eigenvalue weighted by Crippen LogP contribution is -1.93. The van der Waals surface area contributed by atoms with Crippen LogP contribution in [0.3, 0.4) is 0 Å². The number of rotatable bonds is 1. The summed E-state index contributed by atoms with van der Waals surface area (Å²) in [6.45, 7) is 0. The molecule has 0 bridgehead atoms. The average molecular weight is 291 g/mol. The lowest BCUT2D eigenvalue weighted by molar-refractivity contribution is 0.608. The first-order valence-corrected chi connectivity index (χ1v) is 6.15. The van der Waals surface area contributed by atoms with Crippen LogP contribution >= 0.6 is 38.2 Å². The van der Waals surface area contributed by atoms with Crippen molar-refractivity contribution in [2.75, 3.05) is 0 Å². The molecule has 0 aromatic carbocycles. The van der Waals surface area contributed by atoms with Crippen LogP contribution in [0.5, 0.6) is 0 Å². The number of nitrogens with zero attached hydrogens (tertiary/aromatic N) is 1. The summed E-state index contributed by atoms with van der Waals surface area (Å²) < 4.78 is 21.8. The molecule has 0 radical (unpaired) electrons. The highest BCUT2D eigenvalue weighted by molar-refractivity contribution is 9.10. The summed E-state index contributed by atoms with van der Waals surface area (Å²) in [6, 6.07) is 1.22. The fraction of sp³-hybridized carbons (Fsp3) is 0. The third-order valence-corrected chi connectivity index (χ3v) is 3.47. The van der Waals surface area contributed by atoms with Crippen LogP contribution in [0.4, 0.5) is 0 Å². The molecule has 1 heterocycles. The zero-order chi connectivity index (χ0) is 9.35. The van der Waals surface area contributed by atoms with Gasteiger partial charge in [-0.1, -0.05) is 11.6 Å². The monoisotopic (exact) mass is 289 g/mol. The second-order valence-electron chi connectivity index (χ2n) is 1.88. The Balaban J connectivity index is 3.43. The van der Waals surface area contributed by atoms with Crippen LogP contribution in [0.2, 0.25) is 5.02 Å². The highest BCUT2D eigenvalue weighted by Gasteiger charge is 2.15. The Morgan fingerprint density at radius 2 is 2.08 bits per heavy atom. The molecule has 12 heavy (non-hydrogen) atoms. The molecule has 0 saturated heterocycles. The molecule has 0 aliphatic heterocycles. The third kappa shape index (κ3) is 2.32. The van der Waals surface area contributed by atoms with Gasteiger partial charge in [0, 0.05) is 16.9 Å². The minimum Gasteiger partial charge on any atom is -0.246 e. The van der Waals surface area contributed by atoms with Crippen LogP contribution in [-0.2, 0) is 9.05 Å². The van der Waals surface area contributed by atoms with Crippen molar-refractivity contribution in [1.82, 2.24) is 4.98 Å². The van der Waals surface area contributed by atoms with Gasteiger partial charge in [-0.3, -0.25) is 0 Å². The second-order valence-corrected chi connectivity index (χ2v) is 5.60. The molecule has 0 unspecified atom stereocenters. The van der Waals surface area contributed by atoms with Gasteiger partial charge in [0.2, 0.25) is 0 Å². The Morgan fingerprint density at radius 3 is 2.50 bits per heavy atom. The van der Waals surface area contributed by atoms with Gasteiger partial charge < -0.3 is 0 Å². The first-order chi connectivity index (χ1) is 5.41. The smallest absolute Gasteiger partial charge is 0.246 e. The van der Waals surface area contributed by atoms with Crippen LogP contribution in [0.1, 0.15) is 0 Å². The number of hydrogen-bond acceptors (Lipinski definition) is 3. The molecule has 0 atom stereocenters. The fourth-order valence-corrected chi connectivity index (χ4v) is 2.81. The van der Waals surface area contributed by atoms with E-state index >= 15 is 0 Å². The second kappa shape index (κ2) is 3.49. The van der Waals surface area contributed by atoms with Gasteiger partial charge in [-0.05, 0) is 22.0 Å². The predicted octanol–water partition coefficient (Wildman–Crippen LogP) is 2.42. The van der Waals surface area contributed by atoms with E-state index in [4.69, 9.17) is 22.3 Å². The van der Waals surface area contributed by atoms with Crippen molar-refractivity contribution in [1.29, 1.82) is 0 Å². The molecule has 66 valence electrons. The van der Waals surface area contributed by atoms with Crippen LogP contribution < -0.4 is 0 Å².